The molecule has 12 N–H and O–H groups in total. The first kappa shape index (κ1) is 16.3. The maximum absolute atomic E-state index is 1.60. The summed E-state index contributed by atoms with van der Waals surface area (Å²) in [5.74, 6) is 4.71. The zero-order valence-corrected chi connectivity index (χ0v) is 9.38. The third-order valence-electron chi connectivity index (χ3n) is 4.00. The summed E-state index contributed by atoms with van der Waals surface area (Å²) in [5, 5.41) is 0. The van der Waals surface area contributed by atoms with Gasteiger partial charge in [-0.05, 0) is 62.2 Å². The Kier molecular flexibility index (Phi) is 6.58. The van der Waals surface area contributed by atoms with Gasteiger partial charge in [-0.3, -0.25) is 0 Å². The second-order valence-electron chi connectivity index (χ2n) is 4.88. The van der Waals surface area contributed by atoms with E-state index in [1.807, 2.05) is 0 Å². The van der Waals surface area contributed by atoms with E-state index in [-0.39, 0.29) is 24.6 Å². The molecule has 4 rings (SSSR count). The van der Waals surface area contributed by atoms with Crippen LogP contribution in [0.5, 0.6) is 0 Å². The van der Waals surface area contributed by atoms with Gasteiger partial charge >= 0.3 is 0 Å². The molecule has 88 valence electrons. The van der Waals surface area contributed by atoms with Gasteiger partial charge in [-0.1, -0.05) is 0 Å². The normalized spacial score (nSPS) is 41.1. The molecule has 4 aliphatic carbocycles. The van der Waals surface area contributed by atoms with E-state index in [0.29, 0.717) is 0 Å². The summed E-state index contributed by atoms with van der Waals surface area (Å²) in [7, 11) is 0. The minimum absolute atomic E-state index is 0. The summed E-state index contributed by atoms with van der Waals surface area (Å²) < 4.78 is 0. The lowest BCUT2D eigenvalue weighted by Gasteiger charge is -2.49. The van der Waals surface area contributed by atoms with E-state index in [4.69, 9.17) is 0 Å². The molecule has 0 aromatic heterocycles. The summed E-state index contributed by atoms with van der Waals surface area (Å²) in [6.07, 6.45) is 9.62. The number of hydrogen-bond donors (Lipinski definition) is 4. The van der Waals surface area contributed by atoms with Crippen LogP contribution in [0.1, 0.15) is 38.5 Å². The average Bonchev–Trinajstić information content (AvgIpc) is 1.82. The topological polar surface area (TPSA) is 140 Å². The van der Waals surface area contributed by atoms with Crippen molar-refractivity contribution in [2.75, 3.05) is 0 Å². The van der Waals surface area contributed by atoms with Crippen molar-refractivity contribution in [2.45, 2.75) is 38.5 Å². The van der Waals surface area contributed by atoms with Crippen LogP contribution in [0.4, 0.5) is 0 Å². The summed E-state index contributed by atoms with van der Waals surface area (Å²) >= 11 is 0. The first-order valence-electron chi connectivity index (χ1n) is 4.90. The van der Waals surface area contributed by atoms with Gasteiger partial charge in [0.05, 0.1) is 0 Å². The van der Waals surface area contributed by atoms with Gasteiger partial charge in [0.2, 0.25) is 0 Å². The number of hydrogen-bond acceptors (Lipinski definition) is 4. The Morgan fingerprint density at radius 3 is 0.643 bits per heavy atom. The zero-order valence-electron chi connectivity index (χ0n) is 9.38. The van der Waals surface area contributed by atoms with E-state index in [1.54, 1.807) is 38.5 Å². The fourth-order valence-electron chi connectivity index (χ4n) is 3.98. The molecular formula is C10H28N4. The van der Waals surface area contributed by atoms with Crippen molar-refractivity contribution in [1.29, 1.82) is 0 Å². The molecule has 0 aromatic rings. The average molecular weight is 204 g/mol. The molecule has 0 saturated heterocycles. The molecule has 0 aliphatic heterocycles. The Labute approximate surface area is 87.5 Å². The highest BCUT2D eigenvalue weighted by Gasteiger charge is 2.41. The molecule has 0 atom stereocenters. The largest absolute Gasteiger partial charge is 0.344 e. The third-order valence-corrected chi connectivity index (χ3v) is 4.00. The molecule has 0 amide bonds. The minimum Gasteiger partial charge on any atom is -0.344 e. The SMILES string of the molecule is C1C2CC3CC1CC(C2)C3.N.N.N.N. The predicted molar refractivity (Wildman–Crippen MR) is 61.8 cm³/mol. The molecule has 4 aliphatic rings. The first-order chi connectivity index (χ1) is 4.90. The lowest BCUT2D eigenvalue weighted by molar-refractivity contribution is 0.0198. The van der Waals surface area contributed by atoms with Gasteiger partial charge in [-0.2, -0.15) is 0 Å². The Balaban J connectivity index is 0. The maximum Gasteiger partial charge on any atom is -0.0406 e. The summed E-state index contributed by atoms with van der Waals surface area (Å²) in [6.45, 7) is 0. The molecule has 0 unspecified atom stereocenters. The molecular weight excluding hydrogens is 176 g/mol. The predicted octanol–water partition coefficient (Wildman–Crippen LogP) is 3.48. The highest BCUT2D eigenvalue weighted by atomic mass is 14.5. The zero-order chi connectivity index (χ0) is 6.55. The highest BCUT2D eigenvalue weighted by molar-refractivity contribution is 4.92. The van der Waals surface area contributed by atoms with Gasteiger partial charge < -0.3 is 24.6 Å². The quantitative estimate of drug-likeness (QED) is 0.479. The van der Waals surface area contributed by atoms with Crippen LogP contribution in [-0.2, 0) is 0 Å². The van der Waals surface area contributed by atoms with E-state index in [1.165, 1.54) is 23.7 Å². The molecule has 4 nitrogen and oxygen atoms in total. The van der Waals surface area contributed by atoms with Gasteiger partial charge in [0, 0.05) is 0 Å². The van der Waals surface area contributed by atoms with E-state index in [9.17, 15) is 0 Å². The Morgan fingerprint density at radius 1 is 0.357 bits per heavy atom. The van der Waals surface area contributed by atoms with Crippen LogP contribution in [-0.4, -0.2) is 0 Å². The maximum atomic E-state index is 1.60. The van der Waals surface area contributed by atoms with Gasteiger partial charge in [-0.25, -0.2) is 0 Å². The van der Waals surface area contributed by atoms with E-state index < -0.39 is 0 Å². The van der Waals surface area contributed by atoms with Crippen molar-refractivity contribution in [2.24, 2.45) is 23.7 Å². The fourth-order valence-corrected chi connectivity index (χ4v) is 3.98. The smallest absolute Gasteiger partial charge is 0.0406 e. The van der Waals surface area contributed by atoms with Crippen LogP contribution < -0.4 is 24.6 Å². The van der Waals surface area contributed by atoms with Crippen molar-refractivity contribution in [3.63, 3.8) is 0 Å². The van der Waals surface area contributed by atoms with Crippen molar-refractivity contribution < 1.29 is 0 Å². The van der Waals surface area contributed by atoms with Crippen molar-refractivity contribution in [3.05, 3.63) is 0 Å². The number of rotatable bonds is 0. The van der Waals surface area contributed by atoms with E-state index in [0.717, 1.165) is 0 Å². The lowest BCUT2D eigenvalue weighted by atomic mass is 9.56. The first-order valence-corrected chi connectivity index (χ1v) is 4.90. The van der Waals surface area contributed by atoms with Crippen LogP contribution in [0.15, 0.2) is 0 Å². The molecule has 0 radical (unpaired) electrons. The molecule has 0 heterocycles. The third kappa shape index (κ3) is 2.45. The Hall–Kier alpha value is -0.160. The lowest BCUT2D eigenvalue weighted by Crippen LogP contribution is -2.38. The molecule has 4 heteroatoms. The standard InChI is InChI=1S/C10H16.4H3N/c1-7-2-9-4-8(1)5-10(3-7)6-9;;;;/h7-10H,1-6H2;4*1H3. The van der Waals surface area contributed by atoms with E-state index in [2.05, 4.69) is 0 Å². The van der Waals surface area contributed by atoms with Gasteiger partial charge in [0.15, 0.2) is 0 Å². The summed E-state index contributed by atoms with van der Waals surface area (Å²) in [5.41, 5.74) is 0. The van der Waals surface area contributed by atoms with Crippen LogP contribution in [0.3, 0.4) is 0 Å². The van der Waals surface area contributed by atoms with Crippen LogP contribution >= 0.6 is 0 Å². The van der Waals surface area contributed by atoms with Crippen molar-refractivity contribution in [1.82, 2.24) is 24.6 Å². The van der Waals surface area contributed by atoms with Gasteiger partial charge in [0.25, 0.3) is 0 Å². The monoisotopic (exact) mass is 204 g/mol. The molecule has 0 aromatic carbocycles. The Bertz CT molecular complexity index is 104. The van der Waals surface area contributed by atoms with Crippen LogP contribution in [0.2, 0.25) is 0 Å². The minimum atomic E-state index is 0. The second kappa shape index (κ2) is 5.66. The van der Waals surface area contributed by atoms with Gasteiger partial charge in [-0.15, -0.1) is 0 Å². The molecule has 4 fully saturated rings. The summed E-state index contributed by atoms with van der Waals surface area (Å²) in [4.78, 5) is 0. The molecule has 14 heavy (non-hydrogen) atoms. The van der Waals surface area contributed by atoms with Crippen molar-refractivity contribution >= 4 is 0 Å². The fraction of sp³-hybridized carbons (Fsp3) is 1.00. The molecule has 4 saturated carbocycles. The van der Waals surface area contributed by atoms with Crippen molar-refractivity contribution in [3.8, 4) is 0 Å². The second-order valence-corrected chi connectivity index (χ2v) is 4.88. The molecule has 4 bridgehead atoms. The van der Waals surface area contributed by atoms with Crippen LogP contribution in [0, 0.1) is 23.7 Å². The van der Waals surface area contributed by atoms with Gasteiger partial charge in [0.1, 0.15) is 0 Å². The molecule has 0 spiro atoms. The van der Waals surface area contributed by atoms with E-state index >= 15 is 0 Å². The van der Waals surface area contributed by atoms with Crippen LogP contribution in [0.25, 0.3) is 0 Å². The summed E-state index contributed by atoms with van der Waals surface area (Å²) in [6, 6.07) is 0. The Morgan fingerprint density at radius 2 is 0.500 bits per heavy atom. The highest BCUT2D eigenvalue weighted by Crippen LogP contribution is 2.53.